The highest BCUT2D eigenvalue weighted by atomic mass is 15.3. The van der Waals surface area contributed by atoms with Crippen molar-refractivity contribution in [2.75, 3.05) is 5.73 Å². The maximum Gasteiger partial charge on any atom is 0.153 e. The highest BCUT2D eigenvalue weighted by Gasteiger charge is 2.04. The second-order valence-electron chi connectivity index (χ2n) is 3.35. The summed E-state index contributed by atoms with van der Waals surface area (Å²) in [6.45, 7) is 2.43. The Labute approximate surface area is 87.7 Å². The van der Waals surface area contributed by atoms with Crippen LogP contribution in [-0.4, -0.2) is 14.8 Å². The van der Waals surface area contributed by atoms with Gasteiger partial charge in [-0.15, -0.1) is 5.10 Å². The van der Waals surface area contributed by atoms with Crippen molar-refractivity contribution in [3.05, 3.63) is 35.7 Å². The number of nitrogen functional groups attached to an aromatic ring is 1. The van der Waals surface area contributed by atoms with Crippen LogP contribution in [0.5, 0.6) is 0 Å². The molecule has 0 bridgehead atoms. The summed E-state index contributed by atoms with van der Waals surface area (Å²) in [4.78, 5) is 4.26. The largest absolute Gasteiger partial charge is 0.382 e. The number of nitrogens with zero attached hydrogens (tertiary/aromatic N) is 3. The topological polar surface area (TPSA) is 82.8 Å². The van der Waals surface area contributed by atoms with Crippen molar-refractivity contribution in [1.82, 2.24) is 14.8 Å². The van der Waals surface area contributed by atoms with Crippen molar-refractivity contribution >= 4 is 5.82 Å². The average molecular weight is 203 g/mol. The van der Waals surface area contributed by atoms with E-state index < -0.39 is 0 Å². The van der Waals surface area contributed by atoms with E-state index in [9.17, 15) is 0 Å². The van der Waals surface area contributed by atoms with Crippen molar-refractivity contribution in [3.8, 4) is 5.82 Å². The summed E-state index contributed by atoms with van der Waals surface area (Å²) in [6, 6.07) is 5.61. The van der Waals surface area contributed by atoms with Crippen molar-refractivity contribution in [3.63, 3.8) is 0 Å². The third-order valence-electron chi connectivity index (χ3n) is 2.17. The highest BCUT2D eigenvalue weighted by molar-refractivity contribution is 5.35. The van der Waals surface area contributed by atoms with Gasteiger partial charge in [0.2, 0.25) is 0 Å². The van der Waals surface area contributed by atoms with E-state index in [-0.39, 0.29) is 0 Å². The van der Waals surface area contributed by atoms with Gasteiger partial charge in [0.05, 0.1) is 0 Å². The number of nitrogens with two attached hydrogens (primary N) is 2. The first-order chi connectivity index (χ1) is 7.20. The maximum atomic E-state index is 5.59. The van der Waals surface area contributed by atoms with Gasteiger partial charge in [0.15, 0.2) is 5.82 Å². The molecule has 5 nitrogen and oxygen atoms in total. The Morgan fingerprint density at radius 1 is 1.40 bits per heavy atom. The molecule has 0 aliphatic rings. The van der Waals surface area contributed by atoms with Crippen LogP contribution in [0.15, 0.2) is 24.4 Å². The van der Waals surface area contributed by atoms with Gasteiger partial charge in [-0.05, 0) is 18.6 Å². The summed E-state index contributed by atoms with van der Waals surface area (Å²) in [5.74, 6) is 1.25. The van der Waals surface area contributed by atoms with Gasteiger partial charge in [-0.2, -0.15) is 0 Å². The Balaban J connectivity index is 2.41. The normalized spacial score (nSPS) is 10.5. The lowest BCUT2D eigenvalue weighted by Crippen LogP contribution is -2.04. The Morgan fingerprint density at radius 3 is 2.67 bits per heavy atom. The Morgan fingerprint density at radius 2 is 2.20 bits per heavy atom. The van der Waals surface area contributed by atoms with E-state index >= 15 is 0 Å². The predicted octanol–water partition coefficient (Wildman–Crippen LogP) is 0.617. The molecule has 15 heavy (non-hydrogen) atoms. The van der Waals surface area contributed by atoms with Crippen molar-refractivity contribution in [2.24, 2.45) is 5.73 Å². The molecule has 0 unspecified atom stereocenters. The lowest BCUT2D eigenvalue weighted by molar-refractivity contribution is 0.818. The molecule has 2 heterocycles. The maximum absolute atomic E-state index is 5.59. The van der Waals surface area contributed by atoms with Gasteiger partial charge in [-0.25, -0.2) is 9.67 Å². The summed E-state index contributed by atoms with van der Waals surface area (Å²) < 4.78 is 1.70. The van der Waals surface area contributed by atoms with Gasteiger partial charge in [-0.3, -0.25) is 0 Å². The van der Waals surface area contributed by atoms with Crippen molar-refractivity contribution < 1.29 is 0 Å². The summed E-state index contributed by atoms with van der Waals surface area (Å²) in [6.07, 6.45) is 1.74. The van der Waals surface area contributed by atoms with Crippen LogP contribution < -0.4 is 11.5 Å². The molecule has 0 spiro atoms. The first kappa shape index (κ1) is 9.67. The van der Waals surface area contributed by atoms with E-state index in [1.807, 2.05) is 19.1 Å². The number of anilines is 1. The minimum Gasteiger partial charge on any atom is -0.382 e. The summed E-state index contributed by atoms with van der Waals surface area (Å²) in [5, 5.41) is 4.14. The Kier molecular flexibility index (Phi) is 2.39. The van der Waals surface area contributed by atoms with Gasteiger partial charge >= 0.3 is 0 Å². The molecule has 2 aromatic heterocycles. The van der Waals surface area contributed by atoms with Crippen LogP contribution in [0.1, 0.15) is 11.3 Å². The molecule has 4 N–H and O–H groups in total. The summed E-state index contributed by atoms with van der Waals surface area (Å²) in [7, 11) is 0. The molecular weight excluding hydrogens is 190 g/mol. The van der Waals surface area contributed by atoms with E-state index in [1.54, 1.807) is 16.9 Å². The van der Waals surface area contributed by atoms with E-state index in [2.05, 4.69) is 10.1 Å². The number of pyridine rings is 1. The fourth-order valence-corrected chi connectivity index (χ4v) is 1.39. The zero-order chi connectivity index (χ0) is 10.8. The molecule has 0 atom stereocenters. The number of hydrogen-bond acceptors (Lipinski definition) is 4. The van der Waals surface area contributed by atoms with Crippen LogP contribution >= 0.6 is 0 Å². The van der Waals surface area contributed by atoms with Crippen LogP contribution in [0, 0.1) is 6.92 Å². The zero-order valence-corrected chi connectivity index (χ0v) is 8.51. The third kappa shape index (κ3) is 1.82. The number of hydrogen-bond donors (Lipinski definition) is 2. The molecule has 0 aliphatic heterocycles. The standard InChI is InChI=1S/C10H13N5/c1-7-4-9(12)14-15(7)10-3-2-8(5-11)6-13-10/h2-4,6H,5,11H2,1H3,(H2,12,14). The molecule has 2 aromatic rings. The third-order valence-corrected chi connectivity index (χ3v) is 2.17. The quantitative estimate of drug-likeness (QED) is 0.749. The molecule has 0 amide bonds. The van der Waals surface area contributed by atoms with E-state index in [1.165, 1.54) is 0 Å². The predicted molar refractivity (Wildman–Crippen MR) is 58.4 cm³/mol. The van der Waals surface area contributed by atoms with Crippen molar-refractivity contribution in [2.45, 2.75) is 13.5 Å². The zero-order valence-electron chi connectivity index (χ0n) is 8.51. The van der Waals surface area contributed by atoms with Crippen LogP contribution in [0.25, 0.3) is 5.82 Å². The van der Waals surface area contributed by atoms with E-state index in [0.717, 1.165) is 17.1 Å². The monoisotopic (exact) mass is 203 g/mol. The second-order valence-corrected chi connectivity index (χ2v) is 3.35. The van der Waals surface area contributed by atoms with Crippen LogP contribution in [0.4, 0.5) is 5.82 Å². The summed E-state index contributed by atoms with van der Waals surface area (Å²) >= 11 is 0. The number of rotatable bonds is 2. The van der Waals surface area contributed by atoms with Crippen LogP contribution in [0.2, 0.25) is 0 Å². The SMILES string of the molecule is Cc1cc(N)nn1-c1ccc(CN)cn1. The lowest BCUT2D eigenvalue weighted by Gasteiger charge is -2.03. The fourth-order valence-electron chi connectivity index (χ4n) is 1.39. The highest BCUT2D eigenvalue weighted by Crippen LogP contribution is 2.11. The Bertz CT molecular complexity index is 457. The van der Waals surface area contributed by atoms with Gasteiger partial charge in [0, 0.05) is 24.5 Å². The molecule has 0 fully saturated rings. The van der Waals surface area contributed by atoms with Crippen LogP contribution in [0.3, 0.4) is 0 Å². The second kappa shape index (κ2) is 3.70. The van der Waals surface area contributed by atoms with Gasteiger partial charge in [0.1, 0.15) is 5.82 Å². The minimum atomic E-state index is 0.494. The van der Waals surface area contributed by atoms with E-state index in [0.29, 0.717) is 12.4 Å². The molecule has 0 aromatic carbocycles. The Hall–Kier alpha value is -1.88. The minimum absolute atomic E-state index is 0.494. The molecule has 0 saturated heterocycles. The molecular formula is C10H13N5. The first-order valence-corrected chi connectivity index (χ1v) is 4.68. The average Bonchev–Trinajstić information content (AvgIpc) is 2.58. The fraction of sp³-hybridized carbons (Fsp3) is 0.200. The van der Waals surface area contributed by atoms with Gasteiger partial charge < -0.3 is 11.5 Å². The lowest BCUT2D eigenvalue weighted by atomic mass is 10.3. The molecule has 5 heteroatoms. The van der Waals surface area contributed by atoms with E-state index in [4.69, 9.17) is 11.5 Å². The molecule has 0 saturated carbocycles. The first-order valence-electron chi connectivity index (χ1n) is 4.68. The molecule has 78 valence electrons. The van der Waals surface area contributed by atoms with Gasteiger partial charge in [-0.1, -0.05) is 6.07 Å². The molecule has 0 aliphatic carbocycles. The van der Waals surface area contributed by atoms with Crippen molar-refractivity contribution in [1.29, 1.82) is 0 Å². The number of aromatic nitrogens is 3. The van der Waals surface area contributed by atoms with Crippen LogP contribution in [-0.2, 0) is 6.54 Å². The smallest absolute Gasteiger partial charge is 0.153 e. The summed E-state index contributed by atoms with van der Waals surface area (Å²) in [5.41, 5.74) is 13.0. The van der Waals surface area contributed by atoms with Gasteiger partial charge in [0.25, 0.3) is 0 Å². The number of aryl methyl sites for hydroxylation is 1. The molecule has 0 radical (unpaired) electrons. The molecule has 2 rings (SSSR count).